The summed E-state index contributed by atoms with van der Waals surface area (Å²) in [4.78, 5) is 16.7. The van der Waals surface area contributed by atoms with Crippen molar-refractivity contribution in [3.8, 4) is 0 Å². The molecule has 25 heavy (non-hydrogen) atoms. The van der Waals surface area contributed by atoms with Gasteiger partial charge in [-0.3, -0.25) is 0 Å². The van der Waals surface area contributed by atoms with Crippen molar-refractivity contribution in [2.75, 3.05) is 32.1 Å². The number of sulfone groups is 1. The highest BCUT2D eigenvalue weighted by Gasteiger charge is 2.28. The number of ether oxygens (including phenoxy) is 1. The van der Waals surface area contributed by atoms with Crippen LogP contribution in [0.5, 0.6) is 0 Å². The Morgan fingerprint density at radius 2 is 1.96 bits per heavy atom. The molecule has 1 aliphatic rings. The number of alkyl carbamates (subject to hydrolysis) is 1. The predicted molar refractivity (Wildman–Crippen MR) is 96.1 cm³/mol. The van der Waals surface area contributed by atoms with Crippen LogP contribution in [0.15, 0.2) is 5.11 Å². The molecular formula is C15H29N5O4S. The van der Waals surface area contributed by atoms with Crippen molar-refractivity contribution in [2.45, 2.75) is 57.2 Å². The first-order chi connectivity index (χ1) is 11.5. The molecule has 0 bridgehead atoms. The topological polar surface area (TPSA) is 124 Å². The monoisotopic (exact) mass is 375 g/mol. The minimum absolute atomic E-state index is 0.0438. The van der Waals surface area contributed by atoms with Crippen LogP contribution in [-0.4, -0.2) is 69.2 Å². The first-order valence-electron chi connectivity index (χ1n) is 8.41. The van der Waals surface area contributed by atoms with Gasteiger partial charge in [0.05, 0.1) is 12.3 Å². The fraction of sp³-hybridized carbons (Fsp3) is 0.933. The van der Waals surface area contributed by atoms with Crippen molar-refractivity contribution in [3.05, 3.63) is 10.4 Å². The Morgan fingerprint density at radius 1 is 1.36 bits per heavy atom. The number of hydrogen-bond donors (Lipinski definition) is 1. The molecule has 1 N–H and O–H groups in total. The van der Waals surface area contributed by atoms with Crippen LogP contribution in [0, 0.1) is 0 Å². The Hall–Kier alpha value is -1.51. The lowest BCUT2D eigenvalue weighted by atomic mass is 9.90. The van der Waals surface area contributed by atoms with Gasteiger partial charge in [0.1, 0.15) is 15.4 Å². The van der Waals surface area contributed by atoms with Crippen molar-refractivity contribution in [1.82, 2.24) is 10.2 Å². The first kappa shape index (κ1) is 21.5. The van der Waals surface area contributed by atoms with Crippen molar-refractivity contribution < 1.29 is 17.9 Å². The van der Waals surface area contributed by atoms with Gasteiger partial charge in [-0.1, -0.05) is 5.11 Å². The van der Waals surface area contributed by atoms with E-state index in [0.717, 1.165) is 25.7 Å². The normalized spacial score (nSPS) is 21.5. The molecule has 1 fully saturated rings. The van der Waals surface area contributed by atoms with E-state index < -0.39 is 21.5 Å². The number of azide groups is 1. The van der Waals surface area contributed by atoms with Gasteiger partial charge in [-0.05, 0) is 52.1 Å². The summed E-state index contributed by atoms with van der Waals surface area (Å²) in [7, 11) is -1.01. The maximum Gasteiger partial charge on any atom is 0.407 e. The van der Waals surface area contributed by atoms with E-state index in [1.807, 2.05) is 7.05 Å². The van der Waals surface area contributed by atoms with Crippen LogP contribution in [0.1, 0.15) is 39.5 Å². The maximum atomic E-state index is 12.0. The van der Waals surface area contributed by atoms with Crippen LogP contribution >= 0.6 is 0 Å². The van der Waals surface area contributed by atoms with Crippen molar-refractivity contribution in [3.63, 3.8) is 0 Å². The zero-order chi connectivity index (χ0) is 19.1. The van der Waals surface area contributed by atoms with Gasteiger partial charge in [0.25, 0.3) is 0 Å². The SMILES string of the molecule is CN(CCS(C)(=O)=O)C1CCC(NC(=O)OC(C)(C)CN=[N+]=[N-])CC1. The standard InChI is InChI=1S/C15H29N5O4S/c1-15(2,11-17-19-16)24-14(21)18-12-5-7-13(8-6-12)20(3)9-10-25(4,22)23/h12-13H,5-11H2,1-4H3,(H,18,21). The molecule has 0 radical (unpaired) electrons. The van der Waals surface area contributed by atoms with Crippen LogP contribution in [0.4, 0.5) is 4.79 Å². The highest BCUT2D eigenvalue weighted by Crippen LogP contribution is 2.23. The van der Waals surface area contributed by atoms with Gasteiger partial charge in [-0.25, -0.2) is 13.2 Å². The molecular weight excluding hydrogens is 346 g/mol. The molecule has 0 aromatic carbocycles. The largest absolute Gasteiger partial charge is 0.443 e. The fourth-order valence-corrected chi connectivity index (χ4v) is 3.45. The second kappa shape index (κ2) is 9.26. The molecule has 1 rings (SSSR count). The van der Waals surface area contributed by atoms with E-state index in [4.69, 9.17) is 10.3 Å². The summed E-state index contributed by atoms with van der Waals surface area (Å²) >= 11 is 0. The number of hydrogen-bond acceptors (Lipinski definition) is 6. The number of nitrogens with zero attached hydrogens (tertiary/aromatic N) is 4. The van der Waals surface area contributed by atoms with Crippen LogP contribution in [0.2, 0.25) is 0 Å². The summed E-state index contributed by atoms with van der Waals surface area (Å²) in [6.45, 7) is 3.98. The highest BCUT2D eigenvalue weighted by atomic mass is 32.2. The van der Waals surface area contributed by atoms with E-state index in [9.17, 15) is 13.2 Å². The number of nitrogens with one attached hydrogen (secondary N) is 1. The van der Waals surface area contributed by atoms with Gasteiger partial charge in [0.15, 0.2) is 0 Å². The Kier molecular flexibility index (Phi) is 7.98. The molecule has 10 heteroatoms. The summed E-state index contributed by atoms with van der Waals surface area (Å²) < 4.78 is 27.8. The van der Waals surface area contributed by atoms with Crippen molar-refractivity contribution >= 4 is 15.9 Å². The first-order valence-corrected chi connectivity index (χ1v) is 10.5. The van der Waals surface area contributed by atoms with E-state index in [2.05, 4.69) is 20.2 Å². The van der Waals surface area contributed by atoms with Gasteiger partial charge in [0, 0.05) is 29.8 Å². The lowest BCUT2D eigenvalue weighted by molar-refractivity contribution is 0.0412. The van der Waals surface area contributed by atoms with Gasteiger partial charge in [-0.15, -0.1) is 0 Å². The summed E-state index contributed by atoms with van der Waals surface area (Å²) in [6.07, 6.45) is 4.17. The minimum Gasteiger partial charge on any atom is -0.443 e. The molecule has 144 valence electrons. The van der Waals surface area contributed by atoms with Crippen LogP contribution in [0.3, 0.4) is 0 Å². The smallest absolute Gasteiger partial charge is 0.407 e. The van der Waals surface area contributed by atoms with Crippen molar-refractivity contribution in [1.29, 1.82) is 0 Å². The van der Waals surface area contributed by atoms with Crippen molar-refractivity contribution in [2.24, 2.45) is 5.11 Å². The second-order valence-electron chi connectivity index (χ2n) is 7.30. The maximum absolute atomic E-state index is 12.0. The van der Waals surface area contributed by atoms with Gasteiger partial charge in [-0.2, -0.15) is 0 Å². The van der Waals surface area contributed by atoms with Crippen LogP contribution < -0.4 is 5.32 Å². The Bertz CT molecular complexity index is 593. The summed E-state index contributed by atoms with van der Waals surface area (Å²) in [6, 6.07) is 0.375. The van der Waals surface area contributed by atoms with E-state index in [0.29, 0.717) is 12.6 Å². The third kappa shape index (κ3) is 8.94. The minimum atomic E-state index is -2.95. The molecule has 0 aromatic heterocycles. The fourth-order valence-electron chi connectivity index (χ4n) is 2.83. The third-order valence-electron chi connectivity index (χ3n) is 4.34. The number of carbonyl (C=O) groups excluding carboxylic acids is 1. The molecule has 1 aliphatic carbocycles. The van der Waals surface area contributed by atoms with Crippen LogP contribution in [0.25, 0.3) is 10.4 Å². The summed E-state index contributed by atoms with van der Waals surface area (Å²) in [5.41, 5.74) is 7.49. The molecule has 0 spiro atoms. The molecule has 0 aliphatic heterocycles. The van der Waals surface area contributed by atoms with Gasteiger partial charge >= 0.3 is 6.09 Å². The Labute approximate surface area is 149 Å². The molecule has 1 saturated carbocycles. The van der Waals surface area contributed by atoms with E-state index in [1.54, 1.807) is 13.8 Å². The summed E-state index contributed by atoms with van der Waals surface area (Å²) in [5, 5.41) is 6.29. The lowest BCUT2D eigenvalue weighted by Gasteiger charge is -2.35. The number of rotatable bonds is 8. The van der Waals surface area contributed by atoms with E-state index in [1.165, 1.54) is 6.26 Å². The Balaban J connectivity index is 2.36. The zero-order valence-corrected chi connectivity index (χ0v) is 16.3. The highest BCUT2D eigenvalue weighted by molar-refractivity contribution is 7.90. The molecule has 0 saturated heterocycles. The molecule has 0 aromatic rings. The second-order valence-corrected chi connectivity index (χ2v) is 9.56. The zero-order valence-electron chi connectivity index (χ0n) is 15.4. The van der Waals surface area contributed by atoms with Crippen LogP contribution in [-0.2, 0) is 14.6 Å². The summed E-state index contributed by atoms with van der Waals surface area (Å²) in [5.74, 6) is 0.161. The van der Waals surface area contributed by atoms with Gasteiger partial charge in [0.2, 0.25) is 0 Å². The predicted octanol–water partition coefficient (Wildman–Crippen LogP) is 2.09. The molecule has 1 amide bonds. The molecule has 0 atom stereocenters. The number of amides is 1. The number of carbonyl (C=O) groups is 1. The van der Waals surface area contributed by atoms with Gasteiger partial charge < -0.3 is 15.0 Å². The molecule has 0 unspecified atom stereocenters. The molecule has 0 heterocycles. The average molecular weight is 375 g/mol. The van der Waals surface area contributed by atoms with E-state index >= 15 is 0 Å². The quantitative estimate of drug-likeness (QED) is 0.395. The average Bonchev–Trinajstić information content (AvgIpc) is 2.50. The third-order valence-corrected chi connectivity index (χ3v) is 5.26. The lowest BCUT2D eigenvalue weighted by Crippen LogP contribution is -2.45. The van der Waals surface area contributed by atoms with E-state index in [-0.39, 0.29) is 18.3 Å². The Morgan fingerprint density at radius 3 is 2.48 bits per heavy atom. The molecule has 9 nitrogen and oxygen atoms in total.